The summed E-state index contributed by atoms with van der Waals surface area (Å²) in [6.45, 7) is 5.65. The molecule has 0 aromatic heterocycles. The molecular formula is C24H26N2O4. The highest BCUT2D eigenvalue weighted by atomic mass is 16.5. The van der Waals surface area contributed by atoms with Gasteiger partial charge in [0.2, 0.25) is 0 Å². The molecule has 0 aliphatic carbocycles. The summed E-state index contributed by atoms with van der Waals surface area (Å²) in [4.78, 5) is 24.5. The Bertz CT molecular complexity index is 1020. The normalized spacial score (nSPS) is 12.6. The molecular weight excluding hydrogens is 380 g/mol. The van der Waals surface area contributed by atoms with Crippen LogP contribution < -0.4 is 20.3 Å². The first-order chi connectivity index (χ1) is 14.5. The molecule has 2 N–H and O–H groups in total. The number of benzene rings is 3. The van der Waals surface area contributed by atoms with E-state index in [-0.39, 0.29) is 6.10 Å². The molecule has 3 aromatic rings. The van der Waals surface area contributed by atoms with Crippen molar-refractivity contribution in [2.24, 2.45) is 0 Å². The van der Waals surface area contributed by atoms with Gasteiger partial charge in [0.1, 0.15) is 11.5 Å². The maximum absolute atomic E-state index is 12.3. The summed E-state index contributed by atoms with van der Waals surface area (Å²) >= 11 is 0. The molecule has 0 aliphatic rings. The Morgan fingerprint density at radius 1 is 0.833 bits per heavy atom. The van der Waals surface area contributed by atoms with Crippen molar-refractivity contribution >= 4 is 22.6 Å². The standard InChI is InChI=1S/C24H26N2O4/c1-4-16(2)29-21-12-10-19(11-13-21)24(28)26-25-23(27)17(3)30-22-14-9-18-7-5-6-8-20(18)15-22/h5-17H,4H2,1-3H3,(H,25,27)(H,26,28). The maximum Gasteiger partial charge on any atom is 0.279 e. The van der Waals surface area contributed by atoms with Gasteiger partial charge in [0.25, 0.3) is 11.8 Å². The van der Waals surface area contributed by atoms with Gasteiger partial charge in [-0.05, 0) is 67.4 Å². The fourth-order valence-corrected chi connectivity index (χ4v) is 2.79. The Balaban J connectivity index is 1.51. The molecule has 0 saturated heterocycles. The maximum atomic E-state index is 12.3. The van der Waals surface area contributed by atoms with Gasteiger partial charge >= 0.3 is 0 Å². The van der Waals surface area contributed by atoms with Crippen LogP contribution in [0.3, 0.4) is 0 Å². The van der Waals surface area contributed by atoms with Crippen molar-refractivity contribution in [1.82, 2.24) is 10.9 Å². The molecule has 2 amide bonds. The quantitative estimate of drug-likeness (QED) is 0.575. The number of hydrazine groups is 1. The van der Waals surface area contributed by atoms with E-state index in [2.05, 4.69) is 10.9 Å². The second-order valence-electron chi connectivity index (χ2n) is 7.07. The lowest BCUT2D eigenvalue weighted by atomic mass is 10.1. The first-order valence-corrected chi connectivity index (χ1v) is 9.98. The molecule has 2 atom stereocenters. The van der Waals surface area contributed by atoms with E-state index in [9.17, 15) is 9.59 Å². The number of ether oxygens (including phenoxy) is 2. The molecule has 156 valence electrons. The number of hydrogen-bond donors (Lipinski definition) is 2. The number of carbonyl (C=O) groups is 2. The molecule has 30 heavy (non-hydrogen) atoms. The van der Waals surface area contributed by atoms with E-state index in [0.29, 0.717) is 17.1 Å². The van der Waals surface area contributed by atoms with Crippen LogP contribution in [-0.4, -0.2) is 24.0 Å². The van der Waals surface area contributed by atoms with Gasteiger partial charge in [0.15, 0.2) is 6.10 Å². The zero-order valence-electron chi connectivity index (χ0n) is 17.3. The smallest absolute Gasteiger partial charge is 0.279 e. The summed E-state index contributed by atoms with van der Waals surface area (Å²) < 4.78 is 11.4. The topological polar surface area (TPSA) is 76.7 Å². The van der Waals surface area contributed by atoms with E-state index in [1.54, 1.807) is 31.2 Å². The van der Waals surface area contributed by atoms with Gasteiger partial charge in [0.05, 0.1) is 6.10 Å². The number of carbonyl (C=O) groups excluding carboxylic acids is 2. The van der Waals surface area contributed by atoms with Gasteiger partial charge in [-0.2, -0.15) is 0 Å². The largest absolute Gasteiger partial charge is 0.491 e. The summed E-state index contributed by atoms with van der Waals surface area (Å²) in [6, 6.07) is 20.3. The van der Waals surface area contributed by atoms with Crippen LogP contribution in [0.25, 0.3) is 10.8 Å². The van der Waals surface area contributed by atoms with E-state index in [0.717, 1.165) is 17.2 Å². The molecule has 0 fully saturated rings. The minimum atomic E-state index is -0.780. The van der Waals surface area contributed by atoms with Crippen LogP contribution in [0.15, 0.2) is 66.7 Å². The molecule has 6 heteroatoms. The third kappa shape index (κ3) is 5.50. The van der Waals surface area contributed by atoms with Crippen molar-refractivity contribution in [3.05, 3.63) is 72.3 Å². The Morgan fingerprint density at radius 3 is 2.20 bits per heavy atom. The number of hydrogen-bond acceptors (Lipinski definition) is 4. The highest BCUT2D eigenvalue weighted by Crippen LogP contribution is 2.21. The number of nitrogens with one attached hydrogen (secondary N) is 2. The highest BCUT2D eigenvalue weighted by Gasteiger charge is 2.16. The Kier molecular flexibility index (Phi) is 6.91. The zero-order valence-corrected chi connectivity index (χ0v) is 17.3. The van der Waals surface area contributed by atoms with Crippen molar-refractivity contribution < 1.29 is 19.1 Å². The van der Waals surface area contributed by atoms with Crippen LogP contribution in [0.5, 0.6) is 11.5 Å². The second kappa shape index (κ2) is 9.78. The highest BCUT2D eigenvalue weighted by molar-refractivity contribution is 5.95. The van der Waals surface area contributed by atoms with Gasteiger partial charge in [-0.15, -0.1) is 0 Å². The van der Waals surface area contributed by atoms with Crippen LogP contribution in [0.1, 0.15) is 37.6 Å². The zero-order chi connectivity index (χ0) is 21.5. The number of rotatable bonds is 7. The predicted octanol–water partition coefficient (Wildman–Crippen LogP) is 4.25. The average Bonchev–Trinajstić information content (AvgIpc) is 2.77. The molecule has 6 nitrogen and oxygen atoms in total. The Hall–Kier alpha value is -3.54. The average molecular weight is 406 g/mol. The van der Waals surface area contributed by atoms with Crippen LogP contribution in [0.4, 0.5) is 0 Å². The van der Waals surface area contributed by atoms with Crippen molar-refractivity contribution in [3.8, 4) is 11.5 Å². The van der Waals surface area contributed by atoms with Crippen molar-refractivity contribution in [2.75, 3.05) is 0 Å². The molecule has 3 aromatic carbocycles. The third-order valence-electron chi connectivity index (χ3n) is 4.73. The van der Waals surface area contributed by atoms with Gasteiger partial charge < -0.3 is 9.47 Å². The summed E-state index contributed by atoms with van der Waals surface area (Å²) in [5, 5.41) is 2.12. The van der Waals surface area contributed by atoms with Gasteiger partial charge in [-0.25, -0.2) is 0 Å². The summed E-state index contributed by atoms with van der Waals surface area (Å²) in [6.07, 6.45) is 0.221. The monoisotopic (exact) mass is 406 g/mol. The summed E-state index contributed by atoms with van der Waals surface area (Å²) in [7, 11) is 0. The third-order valence-corrected chi connectivity index (χ3v) is 4.73. The molecule has 0 bridgehead atoms. The fraction of sp³-hybridized carbons (Fsp3) is 0.250. The lowest BCUT2D eigenvalue weighted by molar-refractivity contribution is -0.128. The van der Waals surface area contributed by atoms with E-state index in [1.165, 1.54) is 0 Å². The van der Waals surface area contributed by atoms with Gasteiger partial charge in [-0.3, -0.25) is 20.4 Å². The van der Waals surface area contributed by atoms with Crippen LogP contribution in [-0.2, 0) is 4.79 Å². The summed E-state index contributed by atoms with van der Waals surface area (Å²) in [5.41, 5.74) is 5.22. The Labute approximate surface area is 176 Å². The molecule has 0 heterocycles. The molecule has 3 rings (SSSR count). The van der Waals surface area contributed by atoms with Gasteiger partial charge in [-0.1, -0.05) is 37.3 Å². The molecule has 0 saturated carbocycles. The van der Waals surface area contributed by atoms with Crippen LogP contribution in [0, 0.1) is 0 Å². The minimum Gasteiger partial charge on any atom is -0.491 e. The van der Waals surface area contributed by atoms with E-state index < -0.39 is 17.9 Å². The van der Waals surface area contributed by atoms with Gasteiger partial charge in [0, 0.05) is 5.56 Å². The fourth-order valence-electron chi connectivity index (χ4n) is 2.79. The number of amides is 2. The SMILES string of the molecule is CCC(C)Oc1ccc(C(=O)NNC(=O)C(C)Oc2ccc3ccccc3c2)cc1. The Morgan fingerprint density at radius 2 is 1.50 bits per heavy atom. The lowest BCUT2D eigenvalue weighted by Crippen LogP contribution is -2.47. The first kappa shape index (κ1) is 21.2. The van der Waals surface area contributed by atoms with Crippen LogP contribution >= 0.6 is 0 Å². The molecule has 0 radical (unpaired) electrons. The van der Waals surface area contributed by atoms with Crippen LogP contribution in [0.2, 0.25) is 0 Å². The van der Waals surface area contributed by atoms with E-state index >= 15 is 0 Å². The molecule has 0 aliphatic heterocycles. The lowest BCUT2D eigenvalue weighted by Gasteiger charge is -2.16. The van der Waals surface area contributed by atoms with Crippen molar-refractivity contribution in [3.63, 3.8) is 0 Å². The first-order valence-electron chi connectivity index (χ1n) is 9.98. The van der Waals surface area contributed by atoms with E-state index in [1.807, 2.05) is 56.3 Å². The molecule has 2 unspecified atom stereocenters. The predicted molar refractivity (Wildman–Crippen MR) is 116 cm³/mol. The van der Waals surface area contributed by atoms with Crippen molar-refractivity contribution in [2.45, 2.75) is 39.4 Å². The minimum absolute atomic E-state index is 0.105. The molecule has 0 spiro atoms. The van der Waals surface area contributed by atoms with E-state index in [4.69, 9.17) is 9.47 Å². The second-order valence-corrected chi connectivity index (χ2v) is 7.07. The number of fused-ring (bicyclic) bond motifs is 1. The van der Waals surface area contributed by atoms with Crippen molar-refractivity contribution in [1.29, 1.82) is 0 Å². The summed E-state index contributed by atoms with van der Waals surface area (Å²) in [5.74, 6) is 0.409.